The van der Waals surface area contributed by atoms with Crippen LogP contribution in [0.5, 0.6) is 0 Å². The minimum atomic E-state index is -0.883. The first-order chi connectivity index (χ1) is 11.6. The van der Waals surface area contributed by atoms with Crippen LogP contribution in [-0.2, 0) is 6.54 Å². The second-order valence-corrected chi connectivity index (χ2v) is 6.26. The van der Waals surface area contributed by atoms with E-state index >= 15 is 0 Å². The van der Waals surface area contributed by atoms with Gasteiger partial charge in [-0.25, -0.2) is 4.68 Å². The molecule has 1 aromatic carbocycles. The molecule has 0 radical (unpaired) electrons. The summed E-state index contributed by atoms with van der Waals surface area (Å²) in [6.07, 6.45) is 3.94. The fourth-order valence-electron chi connectivity index (χ4n) is 2.93. The predicted octanol–water partition coefficient (Wildman–Crippen LogP) is 1.28. The molecule has 1 N–H and O–H groups in total. The summed E-state index contributed by atoms with van der Waals surface area (Å²) in [5.74, 6) is 0.553. The van der Waals surface area contributed by atoms with Crippen LogP contribution in [-0.4, -0.2) is 48.9 Å². The van der Waals surface area contributed by atoms with Gasteiger partial charge in [-0.15, -0.1) is 5.10 Å². The van der Waals surface area contributed by atoms with Crippen LogP contribution in [0.4, 0.5) is 6.01 Å². The first-order valence-electron chi connectivity index (χ1n) is 7.84. The van der Waals surface area contributed by atoms with E-state index in [1.807, 2.05) is 36.1 Å². The Hall–Kier alpha value is -2.74. The van der Waals surface area contributed by atoms with E-state index in [4.69, 9.17) is 4.52 Å². The molecule has 0 bridgehead atoms. The van der Waals surface area contributed by atoms with Crippen molar-refractivity contribution >= 4 is 6.01 Å². The van der Waals surface area contributed by atoms with Crippen LogP contribution in [0.15, 0.2) is 41.2 Å². The van der Waals surface area contributed by atoms with Crippen LogP contribution < -0.4 is 4.90 Å². The molecule has 24 heavy (non-hydrogen) atoms. The quantitative estimate of drug-likeness (QED) is 0.772. The number of anilines is 1. The molecule has 124 valence electrons. The highest BCUT2D eigenvalue weighted by Gasteiger charge is 2.38. The van der Waals surface area contributed by atoms with Crippen LogP contribution in [0.3, 0.4) is 0 Å². The average molecular weight is 326 g/mol. The topological polar surface area (TPSA) is 93.1 Å². The summed E-state index contributed by atoms with van der Waals surface area (Å²) < 4.78 is 7.01. The highest BCUT2D eigenvalue weighted by atomic mass is 16.5. The number of benzene rings is 1. The van der Waals surface area contributed by atoms with Crippen LogP contribution in [0.25, 0.3) is 11.4 Å². The van der Waals surface area contributed by atoms with Crippen LogP contribution >= 0.6 is 0 Å². The van der Waals surface area contributed by atoms with Crippen molar-refractivity contribution in [2.75, 3.05) is 18.0 Å². The van der Waals surface area contributed by atoms with E-state index in [9.17, 15) is 5.11 Å². The summed E-state index contributed by atoms with van der Waals surface area (Å²) in [6, 6.07) is 8.39. The van der Waals surface area contributed by atoms with E-state index < -0.39 is 5.60 Å². The summed E-state index contributed by atoms with van der Waals surface area (Å²) in [6.45, 7) is 3.50. The zero-order valence-corrected chi connectivity index (χ0v) is 13.3. The Bertz CT molecular complexity index is 813. The molecule has 1 unspecified atom stereocenters. The minimum Gasteiger partial charge on any atom is -0.386 e. The van der Waals surface area contributed by atoms with E-state index in [1.165, 1.54) is 5.56 Å². The van der Waals surface area contributed by atoms with Gasteiger partial charge in [0.05, 0.1) is 19.3 Å². The Kier molecular flexibility index (Phi) is 3.53. The van der Waals surface area contributed by atoms with Crippen LogP contribution in [0.1, 0.15) is 12.0 Å². The zero-order chi connectivity index (χ0) is 16.6. The van der Waals surface area contributed by atoms with E-state index in [1.54, 1.807) is 17.1 Å². The summed E-state index contributed by atoms with van der Waals surface area (Å²) in [7, 11) is 0. The molecule has 1 aliphatic heterocycles. The van der Waals surface area contributed by atoms with Crippen molar-refractivity contribution in [3.63, 3.8) is 0 Å². The molecule has 0 saturated carbocycles. The normalized spacial score (nSPS) is 20.7. The van der Waals surface area contributed by atoms with Gasteiger partial charge in [-0.3, -0.25) is 0 Å². The standard InChI is InChI=1S/C16H18N6O2/c1-12-2-4-13(5-3-12)14-18-15(24-19-14)21-8-6-16(23,10-21)11-22-9-7-17-20-22/h2-5,7,9,23H,6,8,10-11H2,1H3. The summed E-state index contributed by atoms with van der Waals surface area (Å²) in [4.78, 5) is 6.36. The van der Waals surface area contributed by atoms with Gasteiger partial charge in [-0.1, -0.05) is 40.2 Å². The third kappa shape index (κ3) is 2.88. The molecule has 0 aliphatic carbocycles. The number of hydrogen-bond acceptors (Lipinski definition) is 7. The van der Waals surface area contributed by atoms with Gasteiger partial charge < -0.3 is 14.5 Å². The number of β-amino-alcohol motifs (C(OH)–C–C–N with tert-alkyl or cyclic N) is 1. The van der Waals surface area contributed by atoms with Crippen molar-refractivity contribution in [3.8, 4) is 11.4 Å². The second-order valence-electron chi connectivity index (χ2n) is 6.26. The molecule has 1 saturated heterocycles. The first-order valence-corrected chi connectivity index (χ1v) is 7.84. The van der Waals surface area contributed by atoms with Crippen molar-refractivity contribution in [1.82, 2.24) is 25.1 Å². The Labute approximate surface area is 138 Å². The van der Waals surface area contributed by atoms with Crippen molar-refractivity contribution in [1.29, 1.82) is 0 Å². The lowest BCUT2D eigenvalue weighted by Crippen LogP contribution is -2.37. The lowest BCUT2D eigenvalue weighted by molar-refractivity contribution is 0.0405. The Balaban J connectivity index is 1.48. The number of aromatic nitrogens is 5. The maximum Gasteiger partial charge on any atom is 0.324 e. The molecule has 4 rings (SSSR count). The highest BCUT2D eigenvalue weighted by molar-refractivity contribution is 5.56. The Morgan fingerprint density at radius 1 is 1.29 bits per heavy atom. The van der Waals surface area contributed by atoms with Gasteiger partial charge in [0, 0.05) is 18.3 Å². The fraction of sp³-hybridized carbons (Fsp3) is 0.375. The predicted molar refractivity (Wildman–Crippen MR) is 86.3 cm³/mol. The van der Waals surface area contributed by atoms with Gasteiger partial charge in [-0.2, -0.15) is 4.98 Å². The van der Waals surface area contributed by atoms with Crippen molar-refractivity contribution < 1.29 is 9.63 Å². The van der Waals surface area contributed by atoms with Gasteiger partial charge in [0.2, 0.25) is 5.82 Å². The minimum absolute atomic E-state index is 0.391. The molecule has 1 aliphatic rings. The molecular weight excluding hydrogens is 308 g/mol. The summed E-state index contributed by atoms with van der Waals surface area (Å²) in [5, 5.41) is 22.4. The molecule has 3 aromatic rings. The smallest absolute Gasteiger partial charge is 0.324 e. The lowest BCUT2D eigenvalue weighted by Gasteiger charge is -2.21. The van der Waals surface area contributed by atoms with Gasteiger partial charge in [0.1, 0.15) is 5.60 Å². The summed E-state index contributed by atoms with van der Waals surface area (Å²) in [5.41, 5.74) is 1.21. The van der Waals surface area contributed by atoms with Crippen LogP contribution in [0.2, 0.25) is 0 Å². The number of aliphatic hydroxyl groups is 1. The van der Waals surface area contributed by atoms with Crippen LogP contribution in [0, 0.1) is 6.92 Å². The molecule has 8 nitrogen and oxygen atoms in total. The molecule has 0 spiro atoms. The van der Waals surface area contributed by atoms with E-state index in [-0.39, 0.29) is 0 Å². The maximum atomic E-state index is 10.7. The second kappa shape index (κ2) is 5.72. The van der Waals surface area contributed by atoms with Crippen molar-refractivity contribution in [2.45, 2.75) is 25.5 Å². The maximum absolute atomic E-state index is 10.7. The Morgan fingerprint density at radius 2 is 2.12 bits per heavy atom. The van der Waals surface area contributed by atoms with Gasteiger partial charge in [0.25, 0.3) is 0 Å². The first kappa shape index (κ1) is 14.8. The lowest BCUT2D eigenvalue weighted by atomic mass is 10.0. The third-order valence-corrected chi connectivity index (χ3v) is 4.26. The van der Waals surface area contributed by atoms with Gasteiger partial charge >= 0.3 is 6.01 Å². The number of rotatable bonds is 4. The summed E-state index contributed by atoms with van der Waals surface area (Å²) >= 11 is 0. The van der Waals surface area contributed by atoms with Gasteiger partial charge in [-0.05, 0) is 13.3 Å². The number of hydrogen-bond donors (Lipinski definition) is 1. The molecule has 8 heteroatoms. The van der Waals surface area contributed by atoms with E-state index in [2.05, 4.69) is 20.5 Å². The highest BCUT2D eigenvalue weighted by Crippen LogP contribution is 2.28. The Morgan fingerprint density at radius 3 is 2.88 bits per heavy atom. The third-order valence-electron chi connectivity index (χ3n) is 4.26. The SMILES string of the molecule is Cc1ccc(-c2noc(N3CCC(O)(Cn4ccnn4)C3)n2)cc1. The van der Waals surface area contributed by atoms with Crippen molar-refractivity contribution in [3.05, 3.63) is 42.2 Å². The molecule has 0 amide bonds. The molecule has 1 fully saturated rings. The van der Waals surface area contributed by atoms with Gasteiger partial charge in [0.15, 0.2) is 0 Å². The van der Waals surface area contributed by atoms with Crippen molar-refractivity contribution in [2.24, 2.45) is 0 Å². The van der Waals surface area contributed by atoms with E-state index in [0.29, 0.717) is 37.9 Å². The largest absolute Gasteiger partial charge is 0.386 e. The van der Waals surface area contributed by atoms with E-state index in [0.717, 1.165) is 5.56 Å². The molecule has 1 atom stereocenters. The molecular formula is C16H18N6O2. The average Bonchev–Trinajstić information content (AvgIpc) is 3.29. The fourth-order valence-corrected chi connectivity index (χ4v) is 2.93. The molecule has 3 heterocycles. The molecule has 2 aromatic heterocycles. The zero-order valence-electron chi connectivity index (χ0n) is 13.3. The monoisotopic (exact) mass is 326 g/mol. The number of aryl methyl sites for hydroxylation is 1. The number of nitrogens with zero attached hydrogens (tertiary/aromatic N) is 6.